The Morgan fingerprint density at radius 1 is 0.621 bits per heavy atom. The van der Waals surface area contributed by atoms with E-state index in [1.54, 1.807) is 0 Å². The summed E-state index contributed by atoms with van der Waals surface area (Å²) in [5.74, 6) is 0. The van der Waals surface area contributed by atoms with Gasteiger partial charge in [-0.3, -0.25) is 0 Å². The molecule has 0 fully saturated rings. The SMILES string of the molecule is CCCCCCCCCCCCCCCCCCNC(=O)NC(N)CCCCC. The fourth-order valence-electron chi connectivity index (χ4n) is 3.78. The lowest BCUT2D eigenvalue weighted by atomic mass is 10.0. The maximum atomic E-state index is 11.7. The fraction of sp³-hybridized carbons (Fsp3) is 0.960. The molecule has 0 bridgehead atoms. The third-order valence-electron chi connectivity index (χ3n) is 5.75. The van der Waals surface area contributed by atoms with E-state index in [-0.39, 0.29) is 12.2 Å². The molecule has 0 rings (SSSR count). The Balaban J connectivity index is 3.19. The van der Waals surface area contributed by atoms with Crippen LogP contribution in [-0.2, 0) is 0 Å². The number of unbranched alkanes of at least 4 members (excludes halogenated alkanes) is 17. The molecule has 0 aliphatic heterocycles. The van der Waals surface area contributed by atoms with Crippen LogP contribution in [0.4, 0.5) is 4.79 Å². The molecule has 4 heteroatoms. The Hall–Kier alpha value is -0.770. The van der Waals surface area contributed by atoms with Gasteiger partial charge in [-0.05, 0) is 12.8 Å². The monoisotopic (exact) mass is 411 g/mol. The summed E-state index contributed by atoms with van der Waals surface area (Å²) in [7, 11) is 0. The highest BCUT2D eigenvalue weighted by atomic mass is 16.2. The van der Waals surface area contributed by atoms with Gasteiger partial charge in [0.1, 0.15) is 0 Å². The predicted molar refractivity (Wildman–Crippen MR) is 128 cm³/mol. The molecule has 29 heavy (non-hydrogen) atoms. The minimum atomic E-state index is -0.215. The zero-order chi connectivity index (χ0) is 21.4. The highest BCUT2D eigenvalue weighted by Gasteiger charge is 2.06. The van der Waals surface area contributed by atoms with E-state index in [0.717, 1.165) is 25.8 Å². The van der Waals surface area contributed by atoms with Crippen LogP contribution in [0.2, 0.25) is 0 Å². The van der Waals surface area contributed by atoms with Gasteiger partial charge in [-0.25, -0.2) is 4.79 Å². The van der Waals surface area contributed by atoms with Gasteiger partial charge >= 0.3 is 6.03 Å². The normalized spacial score (nSPS) is 12.1. The lowest BCUT2D eigenvalue weighted by Crippen LogP contribution is -2.46. The van der Waals surface area contributed by atoms with E-state index in [0.29, 0.717) is 0 Å². The number of nitrogens with two attached hydrogens (primary N) is 1. The number of carbonyl (C=O) groups excluding carboxylic acids is 1. The Labute approximate surface area is 182 Å². The molecular formula is C25H53N3O. The van der Waals surface area contributed by atoms with Gasteiger partial charge in [-0.15, -0.1) is 0 Å². The number of carbonyl (C=O) groups is 1. The summed E-state index contributed by atoms with van der Waals surface area (Å²) in [5.41, 5.74) is 5.91. The van der Waals surface area contributed by atoms with Crippen LogP contribution in [0.25, 0.3) is 0 Å². The number of urea groups is 1. The van der Waals surface area contributed by atoms with E-state index in [1.807, 2.05) is 0 Å². The summed E-state index contributed by atoms with van der Waals surface area (Å²) in [6, 6.07) is -0.116. The number of amides is 2. The second kappa shape index (κ2) is 23.5. The zero-order valence-corrected chi connectivity index (χ0v) is 19.9. The van der Waals surface area contributed by atoms with Crippen LogP contribution < -0.4 is 16.4 Å². The van der Waals surface area contributed by atoms with Crippen molar-refractivity contribution in [1.82, 2.24) is 10.6 Å². The largest absolute Gasteiger partial charge is 0.338 e. The fourth-order valence-corrected chi connectivity index (χ4v) is 3.78. The average molecular weight is 412 g/mol. The van der Waals surface area contributed by atoms with Gasteiger partial charge in [0.2, 0.25) is 0 Å². The van der Waals surface area contributed by atoms with E-state index in [1.165, 1.54) is 109 Å². The molecule has 1 unspecified atom stereocenters. The van der Waals surface area contributed by atoms with Crippen LogP contribution in [0.1, 0.15) is 142 Å². The molecule has 0 aromatic rings. The molecule has 0 radical (unpaired) electrons. The van der Waals surface area contributed by atoms with Crippen LogP contribution in [-0.4, -0.2) is 18.7 Å². The maximum Gasteiger partial charge on any atom is 0.316 e. The van der Waals surface area contributed by atoms with Crippen molar-refractivity contribution in [2.75, 3.05) is 6.54 Å². The molecule has 0 aliphatic carbocycles. The van der Waals surface area contributed by atoms with Crippen molar-refractivity contribution in [3.05, 3.63) is 0 Å². The quantitative estimate of drug-likeness (QED) is 0.128. The summed E-state index contributed by atoms with van der Waals surface area (Å²) in [6.07, 6.45) is 26.0. The topological polar surface area (TPSA) is 67.2 Å². The predicted octanol–water partition coefficient (Wildman–Crippen LogP) is 7.41. The molecular weight excluding hydrogens is 358 g/mol. The molecule has 1 atom stereocenters. The van der Waals surface area contributed by atoms with E-state index >= 15 is 0 Å². The van der Waals surface area contributed by atoms with Crippen LogP contribution in [0.3, 0.4) is 0 Å². The number of hydrogen-bond donors (Lipinski definition) is 3. The van der Waals surface area contributed by atoms with Crippen LogP contribution >= 0.6 is 0 Å². The highest BCUT2D eigenvalue weighted by molar-refractivity contribution is 5.74. The first kappa shape index (κ1) is 28.2. The van der Waals surface area contributed by atoms with Crippen molar-refractivity contribution < 1.29 is 4.79 Å². The standard InChI is InChI=1S/C25H53N3O/c1-3-5-7-8-9-10-11-12-13-14-15-16-17-18-19-21-23-27-25(29)28-24(26)22-20-6-4-2/h24H,3-23,26H2,1-2H3,(H2,27,28,29). The molecule has 0 spiro atoms. The molecule has 0 aromatic heterocycles. The first-order valence-corrected chi connectivity index (χ1v) is 13.0. The zero-order valence-electron chi connectivity index (χ0n) is 19.9. The summed E-state index contributed by atoms with van der Waals surface area (Å²) < 4.78 is 0. The maximum absolute atomic E-state index is 11.7. The van der Waals surface area contributed by atoms with Gasteiger partial charge in [0.25, 0.3) is 0 Å². The summed E-state index contributed by atoms with van der Waals surface area (Å²) in [6.45, 7) is 5.21. The first-order chi connectivity index (χ1) is 14.2. The van der Waals surface area contributed by atoms with Crippen molar-refractivity contribution in [2.45, 2.75) is 148 Å². The molecule has 0 saturated heterocycles. The number of rotatable bonds is 22. The van der Waals surface area contributed by atoms with Gasteiger partial charge in [-0.2, -0.15) is 0 Å². The van der Waals surface area contributed by atoms with Crippen LogP contribution in [0.15, 0.2) is 0 Å². The minimum absolute atomic E-state index is 0.116. The second-order valence-electron chi connectivity index (χ2n) is 8.81. The van der Waals surface area contributed by atoms with Crippen molar-refractivity contribution in [2.24, 2.45) is 5.73 Å². The Kier molecular flexibility index (Phi) is 22.9. The molecule has 4 N–H and O–H groups in total. The summed E-state index contributed by atoms with van der Waals surface area (Å²) >= 11 is 0. The number of hydrogen-bond acceptors (Lipinski definition) is 2. The highest BCUT2D eigenvalue weighted by Crippen LogP contribution is 2.13. The number of nitrogens with one attached hydrogen (secondary N) is 2. The second-order valence-corrected chi connectivity index (χ2v) is 8.81. The molecule has 174 valence electrons. The van der Waals surface area contributed by atoms with E-state index < -0.39 is 0 Å². The van der Waals surface area contributed by atoms with E-state index in [2.05, 4.69) is 24.5 Å². The average Bonchev–Trinajstić information content (AvgIpc) is 2.70. The molecule has 2 amide bonds. The van der Waals surface area contributed by atoms with Gasteiger partial charge < -0.3 is 16.4 Å². The van der Waals surface area contributed by atoms with Gasteiger partial charge in [0.05, 0.1) is 6.17 Å². The molecule has 0 heterocycles. The lowest BCUT2D eigenvalue weighted by molar-refractivity contribution is 0.236. The molecule has 0 aromatic carbocycles. The summed E-state index contributed by atoms with van der Waals surface area (Å²) in [4.78, 5) is 11.7. The minimum Gasteiger partial charge on any atom is -0.338 e. The Morgan fingerprint density at radius 2 is 1.00 bits per heavy atom. The van der Waals surface area contributed by atoms with Crippen molar-refractivity contribution in [3.8, 4) is 0 Å². The first-order valence-electron chi connectivity index (χ1n) is 13.0. The van der Waals surface area contributed by atoms with Crippen molar-refractivity contribution in [1.29, 1.82) is 0 Å². The van der Waals surface area contributed by atoms with Crippen molar-refractivity contribution in [3.63, 3.8) is 0 Å². The summed E-state index contributed by atoms with van der Waals surface area (Å²) in [5, 5.41) is 5.74. The third-order valence-corrected chi connectivity index (χ3v) is 5.75. The van der Waals surface area contributed by atoms with Crippen LogP contribution in [0, 0.1) is 0 Å². The van der Waals surface area contributed by atoms with E-state index in [4.69, 9.17) is 5.73 Å². The van der Waals surface area contributed by atoms with Crippen LogP contribution in [0.5, 0.6) is 0 Å². The smallest absolute Gasteiger partial charge is 0.316 e. The van der Waals surface area contributed by atoms with E-state index in [9.17, 15) is 4.79 Å². The molecule has 4 nitrogen and oxygen atoms in total. The van der Waals surface area contributed by atoms with Gasteiger partial charge in [0, 0.05) is 6.54 Å². The van der Waals surface area contributed by atoms with Crippen molar-refractivity contribution >= 4 is 6.03 Å². The lowest BCUT2D eigenvalue weighted by Gasteiger charge is -2.14. The molecule has 0 aliphatic rings. The Bertz CT molecular complexity index is 336. The Morgan fingerprint density at radius 3 is 1.45 bits per heavy atom. The van der Waals surface area contributed by atoms with Gasteiger partial charge in [-0.1, -0.05) is 129 Å². The third kappa shape index (κ3) is 23.4. The van der Waals surface area contributed by atoms with Gasteiger partial charge in [0.15, 0.2) is 0 Å². The molecule has 0 saturated carbocycles.